The van der Waals surface area contributed by atoms with Crippen molar-refractivity contribution in [1.29, 1.82) is 0 Å². The lowest BCUT2D eigenvalue weighted by molar-refractivity contribution is -0.137. The fourth-order valence-corrected chi connectivity index (χ4v) is 3.89. The Labute approximate surface area is 153 Å². The molecule has 0 saturated carbocycles. The molecule has 0 aliphatic carbocycles. The monoisotopic (exact) mass is 377 g/mol. The molecule has 6 nitrogen and oxygen atoms in total. The molecule has 0 fully saturated rings. The van der Waals surface area contributed by atoms with Crippen molar-refractivity contribution in [2.75, 3.05) is 7.11 Å². The Bertz CT molecular complexity index is 804. The minimum atomic E-state index is -3.74. The smallest absolute Gasteiger partial charge is 0.303 e. The molecular formula is C19H23NO5S. The zero-order valence-electron chi connectivity index (χ0n) is 14.6. The quantitative estimate of drug-likeness (QED) is 0.664. The lowest BCUT2D eigenvalue weighted by atomic mass is 10.0. The first-order valence-corrected chi connectivity index (χ1v) is 9.75. The summed E-state index contributed by atoms with van der Waals surface area (Å²) in [5.41, 5.74) is 1.82. The molecule has 0 amide bonds. The second kappa shape index (κ2) is 9.47. The first-order valence-electron chi connectivity index (χ1n) is 8.26. The van der Waals surface area contributed by atoms with Crippen molar-refractivity contribution in [2.45, 2.75) is 36.8 Å². The van der Waals surface area contributed by atoms with E-state index in [4.69, 9.17) is 9.84 Å². The van der Waals surface area contributed by atoms with Crippen molar-refractivity contribution in [1.82, 2.24) is 4.72 Å². The maximum absolute atomic E-state index is 12.7. The highest BCUT2D eigenvalue weighted by Gasteiger charge is 2.21. The van der Waals surface area contributed by atoms with Crippen LogP contribution in [0.4, 0.5) is 0 Å². The number of methoxy groups -OCH3 is 1. The molecule has 0 heterocycles. The Morgan fingerprint density at radius 2 is 1.73 bits per heavy atom. The predicted molar refractivity (Wildman–Crippen MR) is 98.3 cm³/mol. The van der Waals surface area contributed by atoms with Gasteiger partial charge in [0.1, 0.15) is 0 Å². The summed E-state index contributed by atoms with van der Waals surface area (Å²) in [6.45, 7) is 0.406. The number of hydrogen-bond acceptors (Lipinski definition) is 4. The van der Waals surface area contributed by atoms with Crippen molar-refractivity contribution in [3.63, 3.8) is 0 Å². The number of benzene rings is 2. The second-order valence-corrected chi connectivity index (χ2v) is 7.73. The zero-order chi connectivity index (χ0) is 19.0. The van der Waals surface area contributed by atoms with E-state index < -0.39 is 22.0 Å². The molecule has 0 aromatic heterocycles. The van der Waals surface area contributed by atoms with Crippen LogP contribution in [0, 0.1) is 0 Å². The Kier molecular flexibility index (Phi) is 7.32. The molecule has 0 aliphatic rings. The van der Waals surface area contributed by atoms with E-state index in [0.29, 0.717) is 13.0 Å². The van der Waals surface area contributed by atoms with Crippen molar-refractivity contribution < 1.29 is 23.1 Å². The molecule has 26 heavy (non-hydrogen) atoms. The summed E-state index contributed by atoms with van der Waals surface area (Å²) in [6.07, 6.45) is 0.535. The topological polar surface area (TPSA) is 92.7 Å². The highest BCUT2D eigenvalue weighted by molar-refractivity contribution is 7.89. The third kappa shape index (κ3) is 6.25. The van der Waals surface area contributed by atoms with E-state index in [-0.39, 0.29) is 17.7 Å². The van der Waals surface area contributed by atoms with E-state index in [9.17, 15) is 13.2 Å². The van der Waals surface area contributed by atoms with Crippen LogP contribution in [-0.2, 0) is 32.6 Å². The predicted octanol–water partition coefficient (Wildman–Crippen LogP) is 2.59. The summed E-state index contributed by atoms with van der Waals surface area (Å²) in [4.78, 5) is 11.0. The van der Waals surface area contributed by atoms with Crippen LogP contribution >= 0.6 is 0 Å². The number of hydrogen-bond donors (Lipinski definition) is 2. The van der Waals surface area contributed by atoms with Crippen LogP contribution in [-0.4, -0.2) is 32.6 Å². The molecular weight excluding hydrogens is 354 g/mol. The highest BCUT2D eigenvalue weighted by atomic mass is 32.2. The molecule has 2 aromatic carbocycles. The van der Waals surface area contributed by atoms with Gasteiger partial charge >= 0.3 is 5.97 Å². The van der Waals surface area contributed by atoms with Crippen molar-refractivity contribution >= 4 is 16.0 Å². The van der Waals surface area contributed by atoms with Gasteiger partial charge in [0.15, 0.2) is 0 Å². The van der Waals surface area contributed by atoms with E-state index in [1.807, 2.05) is 30.3 Å². The van der Waals surface area contributed by atoms with Crippen LogP contribution in [0.25, 0.3) is 0 Å². The normalized spacial score (nSPS) is 12.7. The molecule has 0 spiro atoms. The Morgan fingerprint density at radius 3 is 2.31 bits per heavy atom. The van der Waals surface area contributed by atoms with Crippen LogP contribution in [0.2, 0.25) is 0 Å². The van der Waals surface area contributed by atoms with Crippen molar-refractivity contribution in [3.8, 4) is 0 Å². The van der Waals surface area contributed by atoms with Crippen LogP contribution in [0.15, 0.2) is 59.5 Å². The third-order valence-corrected chi connectivity index (χ3v) is 5.43. The summed E-state index contributed by atoms with van der Waals surface area (Å²) in [5.74, 6) is -0.953. The van der Waals surface area contributed by atoms with E-state index in [0.717, 1.165) is 11.1 Å². The van der Waals surface area contributed by atoms with Gasteiger partial charge < -0.3 is 9.84 Å². The van der Waals surface area contributed by atoms with Crippen molar-refractivity contribution in [2.24, 2.45) is 0 Å². The van der Waals surface area contributed by atoms with Crippen LogP contribution in [0.5, 0.6) is 0 Å². The maximum Gasteiger partial charge on any atom is 0.303 e. The Balaban J connectivity index is 2.14. The van der Waals surface area contributed by atoms with Gasteiger partial charge in [0.2, 0.25) is 10.0 Å². The molecule has 2 aromatic rings. The van der Waals surface area contributed by atoms with E-state index in [1.165, 1.54) is 12.1 Å². The maximum atomic E-state index is 12.7. The number of nitrogens with one attached hydrogen (secondary N) is 1. The second-order valence-electron chi connectivity index (χ2n) is 6.02. The lowest BCUT2D eigenvalue weighted by Gasteiger charge is -2.18. The third-order valence-electron chi connectivity index (χ3n) is 3.90. The van der Waals surface area contributed by atoms with Gasteiger partial charge in [-0.3, -0.25) is 4.79 Å². The first kappa shape index (κ1) is 20.1. The highest BCUT2D eigenvalue weighted by Crippen LogP contribution is 2.15. The molecule has 0 aliphatic heterocycles. The van der Waals surface area contributed by atoms with E-state index >= 15 is 0 Å². The molecule has 2 rings (SSSR count). The molecule has 0 radical (unpaired) electrons. The van der Waals surface area contributed by atoms with Gasteiger partial charge in [0.25, 0.3) is 0 Å². The summed E-state index contributed by atoms with van der Waals surface area (Å²) in [5, 5.41) is 8.94. The first-order chi connectivity index (χ1) is 12.4. The number of carboxylic acid groups (broad SMARTS) is 1. The van der Waals surface area contributed by atoms with Crippen LogP contribution in [0.1, 0.15) is 24.0 Å². The van der Waals surface area contributed by atoms with Gasteiger partial charge in [-0.15, -0.1) is 0 Å². The van der Waals surface area contributed by atoms with Crippen LogP contribution < -0.4 is 4.72 Å². The Morgan fingerprint density at radius 1 is 1.08 bits per heavy atom. The van der Waals surface area contributed by atoms with E-state index in [2.05, 4.69) is 4.72 Å². The number of sulfonamides is 1. The van der Waals surface area contributed by atoms with Gasteiger partial charge in [-0.1, -0.05) is 42.5 Å². The largest absolute Gasteiger partial charge is 0.481 e. The molecule has 7 heteroatoms. The fourth-order valence-electron chi connectivity index (χ4n) is 2.62. The van der Waals surface area contributed by atoms with Gasteiger partial charge in [0, 0.05) is 19.6 Å². The van der Waals surface area contributed by atoms with Crippen LogP contribution in [0.3, 0.4) is 0 Å². The number of ether oxygens (including phenoxy) is 1. The Hall–Kier alpha value is -2.22. The minimum Gasteiger partial charge on any atom is -0.481 e. The zero-order valence-corrected chi connectivity index (χ0v) is 15.4. The molecule has 1 atom stereocenters. The standard InChI is InChI=1S/C19H23NO5S/c1-25-14-16-7-10-18(11-8-16)26(23,24)20-17(9-12-19(21)22)13-15-5-3-2-4-6-15/h2-8,10-11,17,20H,9,12-14H2,1H3,(H,21,22). The fraction of sp³-hybridized carbons (Fsp3) is 0.316. The van der Waals surface area contributed by atoms with Gasteiger partial charge in [-0.25, -0.2) is 13.1 Å². The molecule has 0 bridgehead atoms. The average Bonchev–Trinajstić information content (AvgIpc) is 2.61. The summed E-state index contributed by atoms with van der Waals surface area (Å²) < 4.78 is 33.0. The van der Waals surface area contributed by atoms with Gasteiger partial charge in [-0.2, -0.15) is 0 Å². The average molecular weight is 377 g/mol. The lowest BCUT2D eigenvalue weighted by Crippen LogP contribution is -2.36. The molecule has 1 unspecified atom stereocenters. The molecule has 140 valence electrons. The number of rotatable bonds is 10. The summed E-state index contributed by atoms with van der Waals surface area (Å²) in [6, 6.07) is 15.3. The molecule has 0 saturated heterocycles. The number of carbonyl (C=O) groups is 1. The number of carboxylic acids is 1. The minimum absolute atomic E-state index is 0.104. The van der Waals surface area contributed by atoms with Crippen molar-refractivity contribution in [3.05, 3.63) is 65.7 Å². The molecule has 2 N–H and O–H groups in total. The summed E-state index contributed by atoms with van der Waals surface area (Å²) in [7, 11) is -2.17. The SMILES string of the molecule is COCc1ccc(S(=O)(=O)NC(CCC(=O)O)Cc2ccccc2)cc1. The van der Waals surface area contributed by atoms with E-state index in [1.54, 1.807) is 19.2 Å². The number of aliphatic carboxylic acids is 1. The van der Waals surface area contributed by atoms with Gasteiger partial charge in [0.05, 0.1) is 11.5 Å². The van der Waals surface area contributed by atoms with Gasteiger partial charge in [-0.05, 0) is 36.1 Å². The summed E-state index contributed by atoms with van der Waals surface area (Å²) >= 11 is 0.